The van der Waals surface area contributed by atoms with E-state index in [0.717, 1.165) is 44.3 Å². The van der Waals surface area contributed by atoms with Crippen LogP contribution in [0.4, 0.5) is 0 Å². The van der Waals surface area contributed by atoms with Crippen LogP contribution in [0.5, 0.6) is 5.75 Å². The van der Waals surface area contributed by atoms with E-state index in [9.17, 15) is 0 Å². The molecule has 0 spiro atoms. The second-order valence-corrected chi connectivity index (χ2v) is 5.72. The summed E-state index contributed by atoms with van der Waals surface area (Å²) in [6.07, 6.45) is 3.80. The number of benzene rings is 1. The maximum atomic E-state index is 5.58. The van der Waals surface area contributed by atoms with Crippen molar-refractivity contribution in [2.45, 2.75) is 18.3 Å². The fraction of sp³-hybridized carbons (Fsp3) is 0.500. The van der Waals surface area contributed by atoms with Gasteiger partial charge in [0.1, 0.15) is 5.75 Å². The predicted molar refractivity (Wildman–Crippen MR) is 94.3 cm³/mol. The number of guanidine groups is 1. The van der Waals surface area contributed by atoms with Gasteiger partial charge in [-0.2, -0.15) is 0 Å². The maximum absolute atomic E-state index is 5.58. The molecule has 1 aromatic rings. The van der Waals surface area contributed by atoms with Crippen LogP contribution in [0.1, 0.15) is 18.4 Å². The number of nitrogens with zero attached hydrogens (tertiary/aromatic N) is 1. The van der Waals surface area contributed by atoms with Gasteiger partial charge in [-0.05, 0) is 30.5 Å². The topological polar surface area (TPSA) is 54.9 Å². The van der Waals surface area contributed by atoms with E-state index in [2.05, 4.69) is 34.3 Å². The van der Waals surface area contributed by atoms with Crippen LogP contribution < -0.4 is 15.4 Å². The van der Waals surface area contributed by atoms with Crippen molar-refractivity contribution in [3.8, 4) is 5.75 Å². The minimum absolute atomic E-state index is 0.0519. The fourth-order valence-electron chi connectivity index (χ4n) is 2.92. The highest BCUT2D eigenvalue weighted by Gasteiger charge is 2.34. The molecule has 0 bridgehead atoms. The van der Waals surface area contributed by atoms with Crippen molar-refractivity contribution in [3.05, 3.63) is 42.5 Å². The normalized spacial score (nSPS) is 17.4. The number of methoxy groups -OCH3 is 1. The van der Waals surface area contributed by atoms with Gasteiger partial charge < -0.3 is 20.1 Å². The molecular formula is C18H27N3O2. The van der Waals surface area contributed by atoms with E-state index < -0.39 is 0 Å². The molecule has 23 heavy (non-hydrogen) atoms. The molecule has 0 atom stereocenters. The molecule has 126 valence electrons. The average Bonchev–Trinajstić information content (AvgIpc) is 2.63. The van der Waals surface area contributed by atoms with Gasteiger partial charge in [0.2, 0.25) is 0 Å². The standard InChI is InChI=1S/C18H27N3O2/c1-4-11-20-17(19-2)21-14-18(9-12-23-13-10-18)15-5-7-16(22-3)8-6-15/h4-8H,1,9-14H2,2-3H3,(H2,19,20,21). The van der Waals surface area contributed by atoms with Crippen LogP contribution in [-0.4, -0.2) is 46.4 Å². The Morgan fingerprint density at radius 1 is 1.30 bits per heavy atom. The van der Waals surface area contributed by atoms with Crippen molar-refractivity contribution in [1.82, 2.24) is 10.6 Å². The Labute approximate surface area is 138 Å². The van der Waals surface area contributed by atoms with E-state index >= 15 is 0 Å². The van der Waals surface area contributed by atoms with Gasteiger partial charge in [0.05, 0.1) is 7.11 Å². The molecule has 5 nitrogen and oxygen atoms in total. The largest absolute Gasteiger partial charge is 0.497 e. The lowest BCUT2D eigenvalue weighted by Crippen LogP contribution is -2.48. The molecule has 1 heterocycles. The van der Waals surface area contributed by atoms with E-state index in [0.29, 0.717) is 6.54 Å². The Bertz CT molecular complexity index is 520. The number of ether oxygens (including phenoxy) is 2. The highest BCUT2D eigenvalue weighted by atomic mass is 16.5. The monoisotopic (exact) mass is 317 g/mol. The third kappa shape index (κ3) is 4.48. The summed E-state index contributed by atoms with van der Waals surface area (Å²) in [5.74, 6) is 1.68. The van der Waals surface area contributed by atoms with Crippen LogP contribution in [0, 0.1) is 0 Å². The van der Waals surface area contributed by atoms with Crippen molar-refractivity contribution in [2.75, 3.05) is 40.5 Å². The minimum atomic E-state index is 0.0519. The van der Waals surface area contributed by atoms with Crippen LogP contribution in [-0.2, 0) is 10.2 Å². The Morgan fingerprint density at radius 2 is 2.00 bits per heavy atom. The summed E-state index contributed by atoms with van der Waals surface area (Å²) in [6, 6.07) is 8.37. The lowest BCUT2D eigenvalue weighted by atomic mass is 9.74. The lowest BCUT2D eigenvalue weighted by molar-refractivity contribution is 0.0514. The highest BCUT2D eigenvalue weighted by molar-refractivity contribution is 5.79. The number of nitrogens with one attached hydrogen (secondary N) is 2. The first-order valence-corrected chi connectivity index (χ1v) is 8.02. The van der Waals surface area contributed by atoms with Crippen molar-refractivity contribution in [3.63, 3.8) is 0 Å². The zero-order valence-electron chi connectivity index (χ0n) is 14.1. The van der Waals surface area contributed by atoms with Gasteiger partial charge in [-0.1, -0.05) is 18.2 Å². The van der Waals surface area contributed by atoms with Crippen molar-refractivity contribution in [1.29, 1.82) is 0 Å². The van der Waals surface area contributed by atoms with Gasteiger partial charge in [0.15, 0.2) is 5.96 Å². The van der Waals surface area contributed by atoms with Crippen LogP contribution in [0.3, 0.4) is 0 Å². The molecule has 0 saturated carbocycles. The summed E-state index contributed by atoms with van der Waals surface area (Å²) in [7, 11) is 3.47. The molecule has 1 aliphatic heterocycles. The maximum Gasteiger partial charge on any atom is 0.191 e. The molecular weight excluding hydrogens is 290 g/mol. The molecule has 5 heteroatoms. The van der Waals surface area contributed by atoms with Gasteiger partial charge in [-0.25, -0.2) is 0 Å². The molecule has 0 radical (unpaired) electrons. The number of hydrogen-bond acceptors (Lipinski definition) is 3. The third-order valence-electron chi connectivity index (χ3n) is 4.38. The van der Waals surface area contributed by atoms with Gasteiger partial charge >= 0.3 is 0 Å². The molecule has 2 rings (SSSR count). The zero-order valence-corrected chi connectivity index (χ0v) is 14.1. The molecule has 2 N–H and O–H groups in total. The van der Waals surface area contributed by atoms with Gasteiger partial charge in [-0.3, -0.25) is 4.99 Å². The molecule has 0 aromatic heterocycles. The van der Waals surface area contributed by atoms with E-state index in [1.165, 1.54) is 5.56 Å². The van der Waals surface area contributed by atoms with E-state index in [4.69, 9.17) is 9.47 Å². The van der Waals surface area contributed by atoms with Crippen LogP contribution in [0.25, 0.3) is 0 Å². The first-order valence-electron chi connectivity index (χ1n) is 8.02. The average molecular weight is 317 g/mol. The summed E-state index contributed by atoms with van der Waals surface area (Å²) in [5, 5.41) is 6.66. The van der Waals surface area contributed by atoms with Gasteiger partial charge in [0.25, 0.3) is 0 Å². The first kappa shape index (κ1) is 17.3. The van der Waals surface area contributed by atoms with Crippen LogP contribution in [0.15, 0.2) is 41.9 Å². The Balaban J connectivity index is 2.13. The number of rotatable bonds is 6. The molecule has 1 saturated heterocycles. The van der Waals surface area contributed by atoms with Crippen LogP contribution >= 0.6 is 0 Å². The van der Waals surface area contributed by atoms with Gasteiger partial charge in [0, 0.05) is 38.8 Å². The summed E-state index contributed by atoms with van der Waals surface area (Å²) in [4.78, 5) is 4.26. The molecule has 0 aliphatic carbocycles. The summed E-state index contributed by atoms with van der Waals surface area (Å²) in [5.41, 5.74) is 1.37. The third-order valence-corrected chi connectivity index (χ3v) is 4.38. The fourth-order valence-corrected chi connectivity index (χ4v) is 2.92. The minimum Gasteiger partial charge on any atom is -0.497 e. The zero-order chi connectivity index (χ0) is 16.5. The van der Waals surface area contributed by atoms with E-state index in [1.807, 2.05) is 18.2 Å². The summed E-state index contributed by atoms with van der Waals surface area (Å²) in [6.45, 7) is 6.80. The predicted octanol–water partition coefficient (Wildman–Crippen LogP) is 2.09. The molecule has 1 aliphatic rings. The quantitative estimate of drug-likeness (QED) is 0.479. The first-order chi connectivity index (χ1) is 11.2. The molecule has 0 amide bonds. The van der Waals surface area contributed by atoms with Crippen LogP contribution in [0.2, 0.25) is 0 Å². The Kier molecular flexibility index (Phi) is 6.47. The number of aliphatic imine (C=N–C) groups is 1. The van der Waals surface area contributed by atoms with E-state index in [1.54, 1.807) is 14.2 Å². The van der Waals surface area contributed by atoms with Crippen molar-refractivity contribution < 1.29 is 9.47 Å². The second-order valence-electron chi connectivity index (χ2n) is 5.72. The molecule has 1 aromatic carbocycles. The lowest BCUT2D eigenvalue weighted by Gasteiger charge is -2.38. The van der Waals surface area contributed by atoms with Crippen molar-refractivity contribution >= 4 is 5.96 Å². The SMILES string of the molecule is C=CCNC(=NC)NCC1(c2ccc(OC)cc2)CCOCC1. The molecule has 1 fully saturated rings. The van der Waals surface area contributed by atoms with E-state index in [-0.39, 0.29) is 5.41 Å². The summed E-state index contributed by atoms with van der Waals surface area (Å²) >= 11 is 0. The molecule has 0 unspecified atom stereocenters. The smallest absolute Gasteiger partial charge is 0.191 e. The Hall–Kier alpha value is -2.01. The van der Waals surface area contributed by atoms with Gasteiger partial charge in [-0.15, -0.1) is 6.58 Å². The summed E-state index contributed by atoms with van der Waals surface area (Å²) < 4.78 is 10.8. The highest BCUT2D eigenvalue weighted by Crippen LogP contribution is 2.35. The second kappa shape index (κ2) is 8.58. The number of hydrogen-bond donors (Lipinski definition) is 2. The Morgan fingerprint density at radius 3 is 2.57 bits per heavy atom. The van der Waals surface area contributed by atoms with Crippen molar-refractivity contribution in [2.24, 2.45) is 4.99 Å².